The molecule has 0 aliphatic carbocycles. The Kier molecular flexibility index (Phi) is 7.34. The summed E-state index contributed by atoms with van der Waals surface area (Å²) in [7, 11) is 1.62. The highest BCUT2D eigenvalue weighted by Gasteiger charge is 2.23. The van der Waals surface area contributed by atoms with E-state index in [9.17, 15) is 4.79 Å². The molecule has 0 radical (unpaired) electrons. The zero-order chi connectivity index (χ0) is 29.9. The van der Waals surface area contributed by atoms with Crippen molar-refractivity contribution >= 4 is 11.0 Å². The van der Waals surface area contributed by atoms with E-state index in [1.807, 2.05) is 97.1 Å². The van der Waals surface area contributed by atoms with Crippen LogP contribution < -0.4 is 29.1 Å². The predicted octanol–water partition coefficient (Wildman–Crippen LogP) is 8.02. The quantitative estimate of drug-likeness (QED) is 0.170. The van der Waals surface area contributed by atoms with Gasteiger partial charge in [-0.3, -0.25) is 4.79 Å². The van der Waals surface area contributed by atoms with Crippen molar-refractivity contribution in [2.24, 2.45) is 0 Å². The summed E-state index contributed by atoms with van der Waals surface area (Å²) in [5.41, 5.74) is 4.17. The van der Waals surface area contributed by atoms with E-state index in [-0.39, 0.29) is 18.8 Å². The number of rotatable bonds is 9. The Morgan fingerprint density at radius 2 is 1.30 bits per heavy atom. The fraction of sp³-hybridized carbons (Fsp3) is 0.108. The number of fused-ring (bicyclic) bond motifs is 2. The number of methoxy groups -OCH3 is 1. The highest BCUT2D eigenvalue weighted by molar-refractivity contribution is 6.00. The van der Waals surface area contributed by atoms with Crippen LogP contribution >= 0.6 is 0 Å². The predicted molar refractivity (Wildman–Crippen MR) is 168 cm³/mol. The maximum atomic E-state index is 14.0. The van der Waals surface area contributed by atoms with Crippen molar-refractivity contribution in [1.82, 2.24) is 0 Å². The lowest BCUT2D eigenvalue weighted by Crippen LogP contribution is -2.07. The molecular weight excluding hydrogens is 556 g/mol. The summed E-state index contributed by atoms with van der Waals surface area (Å²) in [6, 6.07) is 36.0. The van der Waals surface area contributed by atoms with Gasteiger partial charge in [0.25, 0.3) is 0 Å². The van der Waals surface area contributed by atoms with E-state index in [4.69, 9.17) is 28.1 Å². The average molecular weight is 585 g/mol. The fourth-order valence-corrected chi connectivity index (χ4v) is 5.20. The highest BCUT2D eigenvalue weighted by atomic mass is 16.7. The van der Waals surface area contributed by atoms with Gasteiger partial charge >= 0.3 is 0 Å². The normalized spacial score (nSPS) is 11.8. The Morgan fingerprint density at radius 1 is 0.659 bits per heavy atom. The van der Waals surface area contributed by atoms with E-state index in [0.29, 0.717) is 63.2 Å². The smallest absolute Gasteiger partial charge is 0.231 e. The van der Waals surface area contributed by atoms with Gasteiger partial charge in [0, 0.05) is 17.7 Å². The van der Waals surface area contributed by atoms with Gasteiger partial charge in [-0.25, -0.2) is 0 Å². The molecule has 6 aromatic rings. The van der Waals surface area contributed by atoms with Gasteiger partial charge in [0.1, 0.15) is 41.6 Å². The van der Waals surface area contributed by atoms with Crippen molar-refractivity contribution in [3.05, 3.63) is 137 Å². The minimum atomic E-state index is -0.244. The molecule has 2 heterocycles. The molecular formula is C37H28O7. The number of hydrogen-bond acceptors (Lipinski definition) is 7. The molecule has 0 atom stereocenters. The Labute approximate surface area is 253 Å². The summed E-state index contributed by atoms with van der Waals surface area (Å²) < 4.78 is 35.9. The summed E-state index contributed by atoms with van der Waals surface area (Å²) in [5.74, 6) is 3.20. The third-order valence-electron chi connectivity index (χ3n) is 7.44. The Morgan fingerprint density at radius 3 is 1.98 bits per heavy atom. The molecule has 7 rings (SSSR count). The zero-order valence-corrected chi connectivity index (χ0v) is 23.9. The lowest BCUT2D eigenvalue weighted by Gasteiger charge is -2.18. The number of ether oxygens (including phenoxy) is 5. The van der Waals surface area contributed by atoms with Crippen molar-refractivity contribution in [3.8, 4) is 51.2 Å². The molecule has 7 heteroatoms. The van der Waals surface area contributed by atoms with Crippen LogP contribution in [-0.2, 0) is 13.2 Å². The van der Waals surface area contributed by atoms with Crippen molar-refractivity contribution in [3.63, 3.8) is 0 Å². The van der Waals surface area contributed by atoms with E-state index in [2.05, 4.69) is 0 Å². The molecule has 218 valence electrons. The second-order valence-electron chi connectivity index (χ2n) is 10.3. The molecule has 0 amide bonds. The second kappa shape index (κ2) is 11.9. The van der Waals surface area contributed by atoms with E-state index >= 15 is 0 Å². The first-order valence-corrected chi connectivity index (χ1v) is 14.2. The van der Waals surface area contributed by atoms with Gasteiger partial charge in [0.05, 0.1) is 12.7 Å². The Balaban J connectivity index is 1.43. The zero-order valence-electron chi connectivity index (χ0n) is 23.9. The fourth-order valence-electron chi connectivity index (χ4n) is 5.20. The third-order valence-corrected chi connectivity index (χ3v) is 7.44. The third kappa shape index (κ3) is 5.43. The van der Waals surface area contributed by atoms with Gasteiger partial charge in [-0.05, 0) is 47.0 Å². The van der Waals surface area contributed by atoms with E-state index < -0.39 is 0 Å². The standard InChI is InChI=1S/C37H28O7/c1-39-28-15-12-26(13-16-28)35-33(40-21-24-8-4-2-5-9-24)20-34(41-22-25-10-6-3-7-11-25)36-29(38)19-31(44-37(35)36)27-14-17-30-32(18-27)43-23-42-30/h2-20H,21-23H2,1H3. The van der Waals surface area contributed by atoms with Crippen LogP contribution in [0.15, 0.2) is 124 Å². The van der Waals surface area contributed by atoms with Crippen molar-refractivity contribution in [2.45, 2.75) is 13.2 Å². The molecule has 1 aromatic heterocycles. The van der Waals surface area contributed by atoms with E-state index in [1.165, 1.54) is 6.07 Å². The molecule has 7 nitrogen and oxygen atoms in total. The summed E-state index contributed by atoms with van der Waals surface area (Å²) in [6.07, 6.45) is 0. The van der Waals surface area contributed by atoms with Gasteiger partial charge < -0.3 is 28.1 Å². The van der Waals surface area contributed by atoms with Gasteiger partial charge in [-0.2, -0.15) is 0 Å². The highest BCUT2D eigenvalue weighted by Crippen LogP contribution is 2.44. The Bertz CT molecular complexity index is 1980. The molecule has 0 saturated carbocycles. The van der Waals surface area contributed by atoms with Crippen molar-refractivity contribution in [2.75, 3.05) is 13.9 Å². The van der Waals surface area contributed by atoms with Crippen LogP contribution in [0.4, 0.5) is 0 Å². The average Bonchev–Trinajstić information content (AvgIpc) is 3.55. The molecule has 0 spiro atoms. The second-order valence-corrected chi connectivity index (χ2v) is 10.3. The van der Waals surface area contributed by atoms with Crippen molar-refractivity contribution in [1.29, 1.82) is 0 Å². The summed E-state index contributed by atoms with van der Waals surface area (Å²) >= 11 is 0. The number of hydrogen-bond donors (Lipinski definition) is 0. The first-order chi connectivity index (χ1) is 21.7. The molecule has 0 N–H and O–H groups in total. The molecule has 0 fully saturated rings. The Hall–Kier alpha value is -5.69. The van der Waals surface area contributed by atoms with Crippen LogP contribution in [0.2, 0.25) is 0 Å². The van der Waals surface area contributed by atoms with Crippen LogP contribution in [0.3, 0.4) is 0 Å². The lowest BCUT2D eigenvalue weighted by atomic mass is 9.99. The van der Waals surface area contributed by atoms with Crippen LogP contribution in [0.25, 0.3) is 33.4 Å². The largest absolute Gasteiger partial charge is 0.497 e. The first-order valence-electron chi connectivity index (χ1n) is 14.2. The summed E-state index contributed by atoms with van der Waals surface area (Å²) in [5, 5.41) is 0.323. The maximum absolute atomic E-state index is 14.0. The summed E-state index contributed by atoms with van der Waals surface area (Å²) in [4.78, 5) is 14.0. The molecule has 44 heavy (non-hydrogen) atoms. The lowest BCUT2D eigenvalue weighted by molar-refractivity contribution is 0.174. The van der Waals surface area contributed by atoms with E-state index in [1.54, 1.807) is 19.2 Å². The van der Waals surface area contributed by atoms with Gasteiger partial charge in [0.15, 0.2) is 22.5 Å². The molecule has 1 aliphatic rings. The molecule has 0 unspecified atom stereocenters. The topological polar surface area (TPSA) is 76.4 Å². The minimum absolute atomic E-state index is 0.145. The van der Waals surface area contributed by atoms with Crippen molar-refractivity contribution < 1.29 is 28.1 Å². The van der Waals surface area contributed by atoms with Gasteiger partial charge in [-0.1, -0.05) is 72.8 Å². The van der Waals surface area contributed by atoms with Gasteiger partial charge in [0.2, 0.25) is 6.79 Å². The van der Waals surface area contributed by atoms with Crippen LogP contribution in [0, 0.1) is 0 Å². The molecule has 0 bridgehead atoms. The van der Waals surface area contributed by atoms with Crippen LogP contribution in [0.5, 0.6) is 28.7 Å². The minimum Gasteiger partial charge on any atom is -0.497 e. The SMILES string of the molecule is COc1ccc(-c2c(OCc3ccccc3)cc(OCc3ccccc3)c3c(=O)cc(-c4ccc5c(c4)OCO5)oc23)cc1. The van der Waals surface area contributed by atoms with E-state index in [0.717, 1.165) is 16.7 Å². The van der Waals surface area contributed by atoms with Crippen LogP contribution in [0.1, 0.15) is 11.1 Å². The van der Waals surface area contributed by atoms with Crippen LogP contribution in [-0.4, -0.2) is 13.9 Å². The summed E-state index contributed by atoms with van der Waals surface area (Å²) in [6.45, 7) is 0.714. The molecule has 5 aromatic carbocycles. The monoisotopic (exact) mass is 584 g/mol. The molecule has 0 saturated heterocycles. The number of benzene rings is 5. The first kappa shape index (κ1) is 27.2. The van der Waals surface area contributed by atoms with Gasteiger partial charge in [-0.15, -0.1) is 0 Å². The molecule has 1 aliphatic heterocycles. The maximum Gasteiger partial charge on any atom is 0.231 e.